The lowest BCUT2D eigenvalue weighted by Gasteiger charge is -2.26. The van der Waals surface area contributed by atoms with Crippen molar-refractivity contribution < 1.29 is 16.8 Å². The standard InChI is InChI=1S/C26H24ClN5O4S2/c27-19-8-12-22(13-9-19)38(35,36)32-18-31(25-26(32)29-24-7-3-2-6-23(24)28-25)20-10-14-21(15-11-20)37(33,34)30-16-4-1-5-17-30/h2-3,6-15H,1,4-5,16-18H2. The average molecular weight is 570 g/mol. The van der Waals surface area contributed by atoms with Gasteiger partial charge in [-0.25, -0.2) is 31.1 Å². The molecular formula is C26H24ClN5O4S2. The maximum Gasteiger partial charge on any atom is 0.267 e. The first-order valence-corrected chi connectivity index (χ1v) is 15.4. The molecule has 4 aromatic rings. The van der Waals surface area contributed by atoms with E-state index in [1.807, 2.05) is 18.2 Å². The summed E-state index contributed by atoms with van der Waals surface area (Å²) in [5.41, 5.74) is 1.78. The van der Waals surface area contributed by atoms with Crippen LogP contribution in [0.4, 0.5) is 17.3 Å². The third kappa shape index (κ3) is 4.29. The lowest BCUT2D eigenvalue weighted by atomic mass is 10.2. The normalized spacial score (nSPS) is 16.7. The molecule has 12 heteroatoms. The van der Waals surface area contributed by atoms with Crippen molar-refractivity contribution in [3.8, 4) is 0 Å². The van der Waals surface area contributed by atoms with Gasteiger partial charge in [0, 0.05) is 23.8 Å². The topological polar surface area (TPSA) is 104 Å². The highest BCUT2D eigenvalue weighted by atomic mass is 35.5. The molecule has 0 N–H and O–H groups in total. The molecule has 2 aliphatic rings. The van der Waals surface area contributed by atoms with Gasteiger partial charge in [-0.3, -0.25) is 0 Å². The summed E-state index contributed by atoms with van der Waals surface area (Å²) in [6.07, 6.45) is 2.74. The van der Waals surface area contributed by atoms with Crippen LogP contribution in [0.25, 0.3) is 11.0 Å². The zero-order valence-electron chi connectivity index (χ0n) is 20.2. The first-order valence-electron chi connectivity index (χ1n) is 12.2. The molecule has 6 rings (SSSR count). The number of piperidine rings is 1. The molecule has 0 unspecified atom stereocenters. The van der Waals surface area contributed by atoms with E-state index >= 15 is 0 Å². The van der Waals surface area contributed by atoms with Crippen molar-refractivity contribution in [3.63, 3.8) is 0 Å². The number of halogens is 1. The minimum absolute atomic E-state index is 0.0746. The van der Waals surface area contributed by atoms with Crippen molar-refractivity contribution in [2.24, 2.45) is 0 Å². The summed E-state index contributed by atoms with van der Waals surface area (Å²) in [4.78, 5) is 11.4. The summed E-state index contributed by atoms with van der Waals surface area (Å²) in [6, 6.07) is 19.7. The van der Waals surface area contributed by atoms with Crippen LogP contribution in [0.3, 0.4) is 0 Å². The number of sulfonamides is 2. The molecular weight excluding hydrogens is 546 g/mol. The van der Waals surface area contributed by atoms with E-state index in [1.165, 1.54) is 32.9 Å². The molecule has 0 atom stereocenters. The molecule has 1 fully saturated rings. The Kier molecular flexibility index (Phi) is 6.26. The van der Waals surface area contributed by atoms with Crippen LogP contribution in [0.15, 0.2) is 82.6 Å². The lowest BCUT2D eigenvalue weighted by molar-refractivity contribution is 0.346. The van der Waals surface area contributed by atoms with Gasteiger partial charge in [0.05, 0.1) is 20.8 Å². The summed E-state index contributed by atoms with van der Waals surface area (Å²) in [5, 5.41) is 0.428. The zero-order chi connectivity index (χ0) is 26.5. The number of nitrogens with zero attached hydrogens (tertiary/aromatic N) is 5. The monoisotopic (exact) mass is 569 g/mol. The molecule has 9 nitrogen and oxygen atoms in total. The lowest BCUT2D eigenvalue weighted by Crippen LogP contribution is -2.35. The summed E-state index contributed by atoms with van der Waals surface area (Å²) in [5.74, 6) is 0.566. The van der Waals surface area contributed by atoms with Gasteiger partial charge in [0.25, 0.3) is 10.0 Å². The molecule has 196 valence electrons. The Labute approximate surface area is 226 Å². The second kappa shape index (κ2) is 9.49. The van der Waals surface area contributed by atoms with Crippen LogP contribution in [-0.4, -0.2) is 50.9 Å². The molecule has 0 aliphatic carbocycles. The average Bonchev–Trinajstić information content (AvgIpc) is 3.32. The molecule has 1 aromatic heterocycles. The Morgan fingerprint density at radius 1 is 0.658 bits per heavy atom. The SMILES string of the molecule is O=S(=O)(c1ccc(N2CN(S(=O)(=O)c3ccc(Cl)cc3)c3nc4ccccc4nc32)cc1)N1CCCCC1. The van der Waals surface area contributed by atoms with Crippen LogP contribution < -0.4 is 9.21 Å². The van der Waals surface area contributed by atoms with Crippen LogP contribution in [0, 0.1) is 0 Å². The minimum atomic E-state index is -4.00. The molecule has 0 saturated carbocycles. The Hall–Kier alpha value is -3.25. The molecule has 0 spiro atoms. The van der Waals surface area contributed by atoms with Crippen molar-refractivity contribution >= 4 is 60.0 Å². The van der Waals surface area contributed by atoms with Crippen LogP contribution in [0.5, 0.6) is 0 Å². The van der Waals surface area contributed by atoms with Gasteiger partial charge >= 0.3 is 0 Å². The fourth-order valence-corrected chi connectivity index (χ4v) is 7.77. The summed E-state index contributed by atoms with van der Waals surface area (Å²) < 4.78 is 56.3. The van der Waals surface area contributed by atoms with Crippen LogP contribution in [0.1, 0.15) is 19.3 Å². The second-order valence-corrected chi connectivity index (χ2v) is 13.4. The van der Waals surface area contributed by atoms with Gasteiger partial charge in [-0.1, -0.05) is 30.2 Å². The van der Waals surface area contributed by atoms with Gasteiger partial charge in [0.1, 0.15) is 6.67 Å². The van der Waals surface area contributed by atoms with Crippen molar-refractivity contribution in [2.75, 3.05) is 29.0 Å². The van der Waals surface area contributed by atoms with Crippen molar-refractivity contribution in [1.29, 1.82) is 0 Å². The van der Waals surface area contributed by atoms with Gasteiger partial charge in [-0.2, -0.15) is 4.31 Å². The number of hydrogen-bond donors (Lipinski definition) is 0. The molecule has 1 saturated heterocycles. The molecule has 0 bridgehead atoms. The van der Waals surface area contributed by atoms with Gasteiger partial charge in [-0.05, 0) is 73.5 Å². The van der Waals surface area contributed by atoms with Gasteiger partial charge in [0.15, 0.2) is 11.6 Å². The Morgan fingerprint density at radius 3 is 1.84 bits per heavy atom. The molecule has 38 heavy (non-hydrogen) atoms. The summed E-state index contributed by atoms with van der Waals surface area (Å²) >= 11 is 5.98. The van der Waals surface area contributed by atoms with Crippen molar-refractivity contribution in [1.82, 2.24) is 14.3 Å². The van der Waals surface area contributed by atoms with E-state index in [0.29, 0.717) is 40.7 Å². The van der Waals surface area contributed by atoms with Crippen molar-refractivity contribution in [3.05, 3.63) is 77.8 Å². The maximum atomic E-state index is 13.7. The molecule has 3 heterocycles. The first kappa shape index (κ1) is 25.1. The third-order valence-corrected chi connectivity index (χ3v) is 10.7. The number of hydrogen-bond acceptors (Lipinski definition) is 7. The highest BCUT2D eigenvalue weighted by Gasteiger charge is 2.39. The Bertz CT molecular complexity index is 1720. The predicted octanol–water partition coefficient (Wildman–Crippen LogP) is 4.76. The van der Waals surface area contributed by atoms with Crippen LogP contribution >= 0.6 is 11.6 Å². The zero-order valence-corrected chi connectivity index (χ0v) is 22.6. The van der Waals surface area contributed by atoms with E-state index in [9.17, 15) is 16.8 Å². The van der Waals surface area contributed by atoms with Gasteiger partial charge in [-0.15, -0.1) is 0 Å². The van der Waals surface area contributed by atoms with E-state index in [4.69, 9.17) is 16.6 Å². The number of anilines is 3. The Balaban J connectivity index is 1.41. The van der Waals surface area contributed by atoms with Crippen LogP contribution in [0.2, 0.25) is 5.02 Å². The first-order chi connectivity index (χ1) is 18.2. The number of benzene rings is 3. The molecule has 3 aromatic carbocycles. The molecule has 0 amide bonds. The van der Waals surface area contributed by atoms with E-state index in [0.717, 1.165) is 19.3 Å². The van der Waals surface area contributed by atoms with E-state index < -0.39 is 20.0 Å². The highest BCUT2D eigenvalue weighted by Crippen LogP contribution is 2.42. The number of aromatic nitrogens is 2. The van der Waals surface area contributed by atoms with E-state index in [2.05, 4.69) is 4.98 Å². The van der Waals surface area contributed by atoms with E-state index in [1.54, 1.807) is 35.2 Å². The number of rotatable bonds is 5. The predicted molar refractivity (Wildman–Crippen MR) is 147 cm³/mol. The maximum absolute atomic E-state index is 13.7. The smallest absolute Gasteiger partial charge is 0.267 e. The fraction of sp³-hybridized carbons (Fsp3) is 0.231. The van der Waals surface area contributed by atoms with E-state index in [-0.39, 0.29) is 22.3 Å². The summed E-state index contributed by atoms with van der Waals surface area (Å²) in [7, 11) is -7.59. The largest absolute Gasteiger partial charge is 0.304 e. The summed E-state index contributed by atoms with van der Waals surface area (Å²) in [6.45, 7) is 0.961. The number of fused-ring (bicyclic) bond motifs is 2. The minimum Gasteiger partial charge on any atom is -0.304 e. The second-order valence-electron chi connectivity index (χ2n) is 9.20. The van der Waals surface area contributed by atoms with Crippen LogP contribution in [-0.2, 0) is 20.0 Å². The molecule has 2 aliphatic heterocycles. The third-order valence-electron chi connectivity index (χ3n) is 6.80. The molecule has 0 radical (unpaired) electrons. The number of para-hydroxylation sites is 2. The van der Waals surface area contributed by atoms with Crippen molar-refractivity contribution in [2.45, 2.75) is 29.1 Å². The Morgan fingerprint density at radius 2 is 1.21 bits per heavy atom. The quantitative estimate of drug-likeness (QED) is 0.341. The highest BCUT2D eigenvalue weighted by molar-refractivity contribution is 7.92. The fourth-order valence-electron chi connectivity index (χ4n) is 4.77. The van der Waals surface area contributed by atoms with Gasteiger partial charge in [0.2, 0.25) is 10.0 Å². The van der Waals surface area contributed by atoms with Gasteiger partial charge < -0.3 is 4.90 Å².